The first kappa shape index (κ1) is 21.9. The molecule has 5 N–H and O–H groups in total. The molecule has 0 saturated carbocycles. The van der Waals surface area contributed by atoms with Crippen LogP contribution in [0.4, 0.5) is 13.2 Å². The largest absolute Gasteiger partial charge is 0.431 e. The number of alkyl halides is 3. The summed E-state index contributed by atoms with van der Waals surface area (Å²) in [5.74, 6) is 0. The van der Waals surface area contributed by atoms with E-state index in [1.54, 1.807) is 12.3 Å². The highest BCUT2D eigenvalue weighted by atomic mass is 19.4. The number of hydrogen-bond acceptors (Lipinski definition) is 5. The van der Waals surface area contributed by atoms with E-state index in [0.717, 1.165) is 0 Å². The number of hydrogen-bond donors (Lipinski definition) is 4. The lowest BCUT2D eigenvalue weighted by Crippen LogP contribution is -2.24. The molecule has 0 aromatic carbocycles. The molecule has 0 fully saturated rings. The van der Waals surface area contributed by atoms with E-state index >= 15 is 0 Å². The molecule has 0 saturated heterocycles. The lowest BCUT2D eigenvalue weighted by atomic mass is 9.95. The molecule has 1 amide bonds. The van der Waals surface area contributed by atoms with Gasteiger partial charge in [-0.2, -0.15) is 18.3 Å². The van der Waals surface area contributed by atoms with Gasteiger partial charge in [0.15, 0.2) is 0 Å². The number of aromatic nitrogens is 3. The van der Waals surface area contributed by atoms with Crippen molar-refractivity contribution in [3.8, 4) is 11.1 Å². The van der Waals surface area contributed by atoms with Gasteiger partial charge in [0, 0.05) is 35.2 Å². The number of carbonyl (C=O) groups excluding carboxylic acids is 1. The quantitative estimate of drug-likeness (QED) is 0.378. The maximum absolute atomic E-state index is 13.0. The van der Waals surface area contributed by atoms with Crippen LogP contribution in [0, 0.1) is 5.41 Å². The average Bonchev–Trinajstić information content (AvgIpc) is 3.15. The Kier molecular flexibility index (Phi) is 6.92. The third-order valence-electron chi connectivity index (χ3n) is 4.37. The molecule has 2 rings (SSSR count). The SMILES string of the molecule is C=Cc1[nH]ncc1-c1cnc(C(C=N)=C(N)C(F)(F)F)cc1CCC(C)NC=O. The second kappa shape index (κ2) is 9.18. The highest BCUT2D eigenvalue weighted by Crippen LogP contribution is 2.31. The number of nitrogens with two attached hydrogens (primary N) is 1. The van der Waals surface area contributed by atoms with Crippen LogP contribution in [-0.4, -0.2) is 40.0 Å². The molecule has 0 aliphatic rings. The number of aromatic amines is 1. The number of nitrogens with one attached hydrogen (secondary N) is 3. The van der Waals surface area contributed by atoms with Crippen molar-refractivity contribution in [3.05, 3.63) is 47.7 Å². The number of halogens is 3. The van der Waals surface area contributed by atoms with Crippen molar-refractivity contribution in [1.29, 1.82) is 5.41 Å². The Hall–Kier alpha value is -3.43. The predicted octanol–water partition coefficient (Wildman–Crippen LogP) is 3.06. The van der Waals surface area contributed by atoms with Crippen molar-refractivity contribution >= 4 is 24.3 Å². The molecule has 10 heteroatoms. The summed E-state index contributed by atoms with van der Waals surface area (Å²) in [7, 11) is 0. The van der Waals surface area contributed by atoms with Crippen LogP contribution < -0.4 is 11.1 Å². The van der Waals surface area contributed by atoms with Crippen molar-refractivity contribution in [2.45, 2.75) is 32.0 Å². The van der Waals surface area contributed by atoms with Gasteiger partial charge >= 0.3 is 6.18 Å². The molecule has 1 atom stereocenters. The number of allylic oxidation sites excluding steroid dienone is 2. The predicted molar refractivity (Wildman–Crippen MR) is 105 cm³/mol. The van der Waals surface area contributed by atoms with Crippen LogP contribution in [0.5, 0.6) is 0 Å². The fourth-order valence-electron chi connectivity index (χ4n) is 2.77. The standard InChI is InChI=1S/C19H21F3N6O/c1-3-16-15(9-27-28-16)14-8-25-17(13(7-23)18(24)19(20,21)22)6-12(14)5-4-11(2)26-10-29/h3,6-11,23H,1,4-5,24H2,2H3,(H,26,29)(H,27,28). The molecule has 1 unspecified atom stereocenters. The van der Waals surface area contributed by atoms with E-state index in [9.17, 15) is 18.0 Å². The lowest BCUT2D eigenvalue weighted by Gasteiger charge is -2.16. The Morgan fingerprint density at radius 1 is 1.41 bits per heavy atom. The molecule has 0 aliphatic carbocycles. The normalized spacial score (nSPS) is 13.4. The molecule has 0 bridgehead atoms. The average molecular weight is 406 g/mol. The molecule has 0 radical (unpaired) electrons. The lowest BCUT2D eigenvalue weighted by molar-refractivity contribution is -0.110. The van der Waals surface area contributed by atoms with Gasteiger partial charge in [0.25, 0.3) is 0 Å². The number of pyridine rings is 1. The zero-order valence-corrected chi connectivity index (χ0v) is 15.7. The Morgan fingerprint density at radius 3 is 2.72 bits per heavy atom. The van der Waals surface area contributed by atoms with E-state index in [0.29, 0.717) is 47.9 Å². The Morgan fingerprint density at radius 2 is 2.14 bits per heavy atom. The van der Waals surface area contributed by atoms with Gasteiger partial charge < -0.3 is 16.5 Å². The highest BCUT2D eigenvalue weighted by Gasteiger charge is 2.34. The molecular formula is C19H21F3N6O. The van der Waals surface area contributed by atoms with Gasteiger partial charge in [-0.15, -0.1) is 0 Å². The Bertz CT molecular complexity index is 932. The molecule has 2 aromatic heterocycles. The molecule has 2 heterocycles. The van der Waals surface area contributed by atoms with Gasteiger partial charge in [0.1, 0.15) is 5.70 Å². The number of aryl methyl sites for hydroxylation is 1. The zero-order chi connectivity index (χ0) is 21.6. The number of nitrogens with zero attached hydrogens (tertiary/aromatic N) is 2. The number of amides is 1. The smallest absolute Gasteiger partial charge is 0.394 e. The van der Waals surface area contributed by atoms with E-state index in [4.69, 9.17) is 11.1 Å². The second-order valence-corrected chi connectivity index (χ2v) is 6.32. The number of H-pyrrole nitrogens is 1. The van der Waals surface area contributed by atoms with Crippen LogP contribution in [-0.2, 0) is 11.2 Å². The Labute approximate surface area is 165 Å². The summed E-state index contributed by atoms with van der Waals surface area (Å²) in [5, 5.41) is 16.8. The van der Waals surface area contributed by atoms with Gasteiger partial charge in [0.2, 0.25) is 6.41 Å². The topological polar surface area (TPSA) is 121 Å². The van der Waals surface area contributed by atoms with Crippen molar-refractivity contribution in [3.63, 3.8) is 0 Å². The van der Waals surface area contributed by atoms with Crippen LogP contribution in [0.25, 0.3) is 22.8 Å². The molecule has 0 aliphatic heterocycles. The summed E-state index contributed by atoms with van der Waals surface area (Å²) < 4.78 is 39.1. The maximum Gasteiger partial charge on any atom is 0.431 e. The minimum Gasteiger partial charge on any atom is -0.394 e. The molecular weight excluding hydrogens is 385 g/mol. The first-order valence-corrected chi connectivity index (χ1v) is 8.65. The van der Waals surface area contributed by atoms with E-state index in [-0.39, 0.29) is 11.7 Å². The Balaban J connectivity index is 2.58. The van der Waals surface area contributed by atoms with Crippen LogP contribution in [0.3, 0.4) is 0 Å². The third-order valence-corrected chi connectivity index (χ3v) is 4.37. The minimum atomic E-state index is -4.78. The van der Waals surface area contributed by atoms with Crippen molar-refractivity contribution in [1.82, 2.24) is 20.5 Å². The second-order valence-electron chi connectivity index (χ2n) is 6.32. The van der Waals surface area contributed by atoms with Gasteiger partial charge in [0.05, 0.1) is 17.6 Å². The van der Waals surface area contributed by atoms with Gasteiger partial charge in [-0.1, -0.05) is 6.58 Å². The van der Waals surface area contributed by atoms with Crippen LogP contribution in [0.1, 0.15) is 30.3 Å². The summed E-state index contributed by atoms with van der Waals surface area (Å²) >= 11 is 0. The fraction of sp³-hybridized carbons (Fsp3) is 0.263. The molecule has 2 aromatic rings. The molecule has 29 heavy (non-hydrogen) atoms. The zero-order valence-electron chi connectivity index (χ0n) is 15.7. The number of rotatable bonds is 9. The van der Waals surface area contributed by atoms with Crippen LogP contribution >= 0.6 is 0 Å². The summed E-state index contributed by atoms with van der Waals surface area (Å²) in [6, 6.07) is 1.33. The van der Waals surface area contributed by atoms with Crippen LogP contribution in [0.2, 0.25) is 0 Å². The summed E-state index contributed by atoms with van der Waals surface area (Å²) in [4.78, 5) is 14.7. The minimum absolute atomic E-state index is 0.0618. The summed E-state index contributed by atoms with van der Waals surface area (Å²) in [6.07, 6.45) is 1.89. The fourth-order valence-corrected chi connectivity index (χ4v) is 2.77. The van der Waals surface area contributed by atoms with Crippen LogP contribution in [0.15, 0.2) is 30.7 Å². The van der Waals surface area contributed by atoms with E-state index in [1.165, 1.54) is 12.3 Å². The van der Waals surface area contributed by atoms with E-state index in [1.807, 2.05) is 6.92 Å². The monoisotopic (exact) mass is 406 g/mol. The maximum atomic E-state index is 13.0. The molecule has 7 nitrogen and oxygen atoms in total. The first-order valence-electron chi connectivity index (χ1n) is 8.65. The summed E-state index contributed by atoms with van der Waals surface area (Å²) in [6.45, 7) is 5.52. The van der Waals surface area contributed by atoms with Crippen molar-refractivity contribution < 1.29 is 18.0 Å². The van der Waals surface area contributed by atoms with Gasteiger partial charge in [-0.25, -0.2) is 0 Å². The van der Waals surface area contributed by atoms with Crippen molar-refractivity contribution in [2.75, 3.05) is 0 Å². The first-order chi connectivity index (χ1) is 13.7. The van der Waals surface area contributed by atoms with E-state index in [2.05, 4.69) is 27.1 Å². The molecule has 154 valence electrons. The number of carbonyl (C=O) groups is 1. The highest BCUT2D eigenvalue weighted by molar-refractivity contribution is 6.09. The summed E-state index contributed by atoms with van der Waals surface area (Å²) in [5.41, 5.74) is 5.91. The third kappa shape index (κ3) is 5.09. The van der Waals surface area contributed by atoms with E-state index < -0.39 is 17.4 Å². The van der Waals surface area contributed by atoms with Crippen molar-refractivity contribution in [2.24, 2.45) is 5.73 Å². The van der Waals surface area contributed by atoms with Gasteiger partial charge in [-0.3, -0.25) is 14.9 Å². The van der Waals surface area contributed by atoms with Gasteiger partial charge in [-0.05, 0) is 37.5 Å². The molecule has 0 spiro atoms.